The van der Waals surface area contributed by atoms with Gasteiger partial charge in [-0.25, -0.2) is 4.79 Å². The molecule has 2 N–H and O–H groups in total. The van der Waals surface area contributed by atoms with Crippen LogP contribution in [0, 0.1) is 5.92 Å². The van der Waals surface area contributed by atoms with Gasteiger partial charge in [0.2, 0.25) is 0 Å². The summed E-state index contributed by atoms with van der Waals surface area (Å²) in [5.74, 6) is -1.30. The zero-order valence-corrected chi connectivity index (χ0v) is 11.9. The van der Waals surface area contributed by atoms with Crippen molar-refractivity contribution in [3.63, 3.8) is 0 Å². The summed E-state index contributed by atoms with van der Waals surface area (Å²) in [5, 5.41) is 12.4. The second-order valence-electron chi connectivity index (χ2n) is 5.00. The van der Waals surface area contributed by atoms with Gasteiger partial charge in [0, 0.05) is 18.1 Å². The Hall–Kier alpha value is -1.75. The Morgan fingerprint density at radius 2 is 2.25 bits per heavy atom. The number of amides is 2. The summed E-state index contributed by atoms with van der Waals surface area (Å²) in [6, 6.07) is 6.89. The lowest BCUT2D eigenvalue weighted by Gasteiger charge is -2.21. The molecule has 0 radical (unpaired) electrons. The molecule has 1 fully saturated rings. The summed E-state index contributed by atoms with van der Waals surface area (Å²) in [6.45, 7) is 2.61. The number of nitrogens with zero attached hydrogens (tertiary/aromatic N) is 1. The first-order valence-corrected chi connectivity index (χ1v) is 6.89. The van der Waals surface area contributed by atoms with Crippen molar-refractivity contribution < 1.29 is 14.7 Å². The molecule has 0 aliphatic carbocycles. The molecule has 1 aliphatic heterocycles. The summed E-state index contributed by atoms with van der Waals surface area (Å²) < 4.78 is 0. The van der Waals surface area contributed by atoms with Crippen molar-refractivity contribution in [2.45, 2.75) is 19.4 Å². The fraction of sp³-hybridized carbons (Fsp3) is 0.429. The van der Waals surface area contributed by atoms with Gasteiger partial charge < -0.3 is 15.3 Å². The first-order valence-electron chi connectivity index (χ1n) is 6.51. The third-order valence-electron chi connectivity index (χ3n) is 3.51. The molecule has 0 spiro atoms. The second kappa shape index (κ2) is 6.13. The van der Waals surface area contributed by atoms with Crippen LogP contribution in [0.25, 0.3) is 0 Å². The zero-order chi connectivity index (χ0) is 14.7. The molecule has 5 nitrogen and oxygen atoms in total. The average Bonchev–Trinajstić information content (AvgIpc) is 2.88. The maximum atomic E-state index is 12.1. The molecule has 1 heterocycles. The number of rotatable bonds is 3. The van der Waals surface area contributed by atoms with E-state index in [9.17, 15) is 9.59 Å². The Morgan fingerprint density at radius 3 is 2.85 bits per heavy atom. The Bertz CT molecular complexity index is 521. The van der Waals surface area contributed by atoms with Gasteiger partial charge in [-0.3, -0.25) is 4.79 Å². The van der Waals surface area contributed by atoms with E-state index < -0.39 is 11.9 Å². The van der Waals surface area contributed by atoms with E-state index in [0.29, 0.717) is 18.0 Å². The highest BCUT2D eigenvalue weighted by atomic mass is 35.5. The van der Waals surface area contributed by atoms with Crippen molar-refractivity contribution in [2.75, 3.05) is 13.1 Å². The predicted octanol–water partition coefficient (Wildman–Crippen LogP) is 2.52. The van der Waals surface area contributed by atoms with Gasteiger partial charge in [0.1, 0.15) is 0 Å². The molecular weight excluding hydrogens is 280 g/mol. The lowest BCUT2D eigenvalue weighted by Crippen LogP contribution is -2.40. The maximum Gasteiger partial charge on any atom is 0.317 e. The molecule has 1 aliphatic rings. The quantitative estimate of drug-likeness (QED) is 0.900. The molecule has 0 saturated carbocycles. The number of carboxylic acid groups (broad SMARTS) is 1. The van der Waals surface area contributed by atoms with Crippen LogP contribution < -0.4 is 5.32 Å². The second-order valence-corrected chi connectivity index (χ2v) is 5.43. The number of urea groups is 1. The number of aliphatic carboxylic acids is 1. The number of carbonyl (C=O) groups is 2. The summed E-state index contributed by atoms with van der Waals surface area (Å²) >= 11 is 5.92. The fourth-order valence-corrected chi connectivity index (χ4v) is 2.48. The summed E-state index contributed by atoms with van der Waals surface area (Å²) in [5.41, 5.74) is 0.917. The Morgan fingerprint density at radius 1 is 1.50 bits per heavy atom. The third kappa shape index (κ3) is 3.42. The molecule has 1 aromatic carbocycles. The van der Waals surface area contributed by atoms with Crippen LogP contribution in [0.5, 0.6) is 0 Å². The zero-order valence-electron chi connectivity index (χ0n) is 11.2. The number of halogens is 1. The first-order chi connectivity index (χ1) is 9.47. The van der Waals surface area contributed by atoms with Crippen LogP contribution >= 0.6 is 11.6 Å². The van der Waals surface area contributed by atoms with Crippen molar-refractivity contribution in [3.05, 3.63) is 34.9 Å². The number of carboxylic acids is 1. The van der Waals surface area contributed by atoms with Crippen molar-refractivity contribution in [2.24, 2.45) is 5.92 Å². The normalized spacial score (nSPS) is 19.7. The van der Waals surface area contributed by atoms with E-state index in [1.807, 2.05) is 19.1 Å². The van der Waals surface area contributed by atoms with Crippen LogP contribution in [0.15, 0.2) is 24.3 Å². The largest absolute Gasteiger partial charge is 0.481 e. The third-order valence-corrected chi connectivity index (χ3v) is 3.75. The molecule has 1 aromatic rings. The fourth-order valence-electron chi connectivity index (χ4n) is 2.28. The van der Waals surface area contributed by atoms with Gasteiger partial charge in [-0.1, -0.05) is 23.7 Å². The minimum absolute atomic E-state index is 0.176. The molecule has 2 rings (SSSR count). The molecule has 0 bridgehead atoms. The summed E-state index contributed by atoms with van der Waals surface area (Å²) in [7, 11) is 0. The molecule has 20 heavy (non-hydrogen) atoms. The van der Waals surface area contributed by atoms with Crippen LogP contribution in [-0.2, 0) is 4.79 Å². The van der Waals surface area contributed by atoms with E-state index in [1.54, 1.807) is 17.0 Å². The van der Waals surface area contributed by atoms with E-state index in [2.05, 4.69) is 5.32 Å². The Balaban J connectivity index is 1.93. The number of hydrogen-bond donors (Lipinski definition) is 2. The Labute approximate surface area is 122 Å². The highest BCUT2D eigenvalue weighted by molar-refractivity contribution is 6.30. The first kappa shape index (κ1) is 14.7. The Kier molecular flexibility index (Phi) is 4.49. The van der Waals surface area contributed by atoms with Crippen molar-refractivity contribution in [1.82, 2.24) is 10.2 Å². The van der Waals surface area contributed by atoms with Gasteiger partial charge in [-0.05, 0) is 31.0 Å². The van der Waals surface area contributed by atoms with Gasteiger partial charge in [0.25, 0.3) is 0 Å². The van der Waals surface area contributed by atoms with Crippen LogP contribution in [0.3, 0.4) is 0 Å². The van der Waals surface area contributed by atoms with Crippen molar-refractivity contribution in [3.8, 4) is 0 Å². The smallest absolute Gasteiger partial charge is 0.317 e. The van der Waals surface area contributed by atoms with Crippen LogP contribution in [-0.4, -0.2) is 35.1 Å². The number of nitrogens with one attached hydrogen (secondary N) is 1. The number of likely N-dealkylation sites (tertiary alicyclic amines) is 1. The lowest BCUT2D eigenvalue weighted by atomic mass is 10.1. The van der Waals surface area contributed by atoms with Gasteiger partial charge in [0.15, 0.2) is 0 Å². The highest BCUT2D eigenvalue weighted by Gasteiger charge is 2.31. The average molecular weight is 297 g/mol. The molecule has 0 aromatic heterocycles. The van der Waals surface area contributed by atoms with Crippen LogP contribution in [0.4, 0.5) is 4.79 Å². The van der Waals surface area contributed by atoms with E-state index in [4.69, 9.17) is 16.7 Å². The number of hydrogen-bond acceptors (Lipinski definition) is 2. The minimum atomic E-state index is -0.844. The maximum absolute atomic E-state index is 12.1. The molecule has 6 heteroatoms. The van der Waals surface area contributed by atoms with Gasteiger partial charge >= 0.3 is 12.0 Å². The summed E-state index contributed by atoms with van der Waals surface area (Å²) in [4.78, 5) is 24.5. The number of benzene rings is 1. The van der Waals surface area contributed by atoms with Gasteiger partial charge in [-0.15, -0.1) is 0 Å². The van der Waals surface area contributed by atoms with E-state index in [0.717, 1.165) is 5.56 Å². The number of carbonyl (C=O) groups excluding carboxylic acids is 1. The van der Waals surface area contributed by atoms with Crippen LogP contribution in [0.1, 0.15) is 24.9 Å². The monoisotopic (exact) mass is 296 g/mol. The topological polar surface area (TPSA) is 69.6 Å². The standard InChI is InChI=1S/C14H17ClN2O3/c1-9(10-3-2-4-12(15)7-10)16-14(20)17-6-5-11(8-17)13(18)19/h2-4,7,9,11H,5-6,8H2,1H3,(H,16,20)(H,18,19). The molecule has 2 unspecified atom stereocenters. The lowest BCUT2D eigenvalue weighted by molar-refractivity contribution is -0.141. The van der Waals surface area contributed by atoms with E-state index >= 15 is 0 Å². The highest BCUT2D eigenvalue weighted by Crippen LogP contribution is 2.20. The predicted molar refractivity (Wildman–Crippen MR) is 75.7 cm³/mol. The molecule has 2 atom stereocenters. The van der Waals surface area contributed by atoms with Gasteiger partial charge in [0.05, 0.1) is 12.0 Å². The van der Waals surface area contributed by atoms with E-state index in [-0.39, 0.29) is 18.6 Å². The molecule has 1 saturated heterocycles. The minimum Gasteiger partial charge on any atom is -0.481 e. The summed E-state index contributed by atoms with van der Waals surface area (Å²) in [6.07, 6.45) is 0.508. The molecular formula is C14H17ClN2O3. The van der Waals surface area contributed by atoms with Crippen molar-refractivity contribution >= 4 is 23.6 Å². The van der Waals surface area contributed by atoms with E-state index in [1.165, 1.54) is 0 Å². The SMILES string of the molecule is CC(NC(=O)N1CCC(C(=O)O)C1)c1cccc(Cl)c1. The molecule has 108 valence electrons. The van der Waals surface area contributed by atoms with Crippen LogP contribution in [0.2, 0.25) is 5.02 Å². The van der Waals surface area contributed by atoms with Gasteiger partial charge in [-0.2, -0.15) is 0 Å². The van der Waals surface area contributed by atoms with Crippen molar-refractivity contribution in [1.29, 1.82) is 0 Å². The molecule has 2 amide bonds.